The molecule has 0 bridgehead atoms. The van der Waals surface area contributed by atoms with Crippen molar-refractivity contribution in [3.63, 3.8) is 0 Å². The Morgan fingerprint density at radius 2 is 1.59 bits per heavy atom. The van der Waals surface area contributed by atoms with Crippen molar-refractivity contribution in [1.29, 1.82) is 0 Å². The summed E-state index contributed by atoms with van der Waals surface area (Å²) in [4.78, 5) is 18.8. The Balaban J connectivity index is 1.75. The van der Waals surface area contributed by atoms with Crippen molar-refractivity contribution < 1.29 is 4.52 Å². The molecule has 0 N–H and O–H groups in total. The third kappa shape index (κ3) is 4.83. The van der Waals surface area contributed by atoms with Crippen molar-refractivity contribution >= 4 is 5.82 Å². The molecule has 2 aromatic heterocycles. The zero-order valence-electron chi connectivity index (χ0n) is 17.7. The number of hydrogen-bond donors (Lipinski definition) is 0. The fourth-order valence-corrected chi connectivity index (χ4v) is 3.06. The van der Waals surface area contributed by atoms with E-state index in [0.717, 1.165) is 55.9 Å². The van der Waals surface area contributed by atoms with Gasteiger partial charge in [0.05, 0.1) is 12.2 Å². The van der Waals surface area contributed by atoms with Gasteiger partial charge in [0, 0.05) is 50.0 Å². The molecule has 1 aliphatic rings. The highest BCUT2D eigenvalue weighted by atomic mass is 16.5. The lowest BCUT2D eigenvalue weighted by Gasteiger charge is -2.36. The van der Waals surface area contributed by atoms with Crippen LogP contribution in [0, 0.1) is 6.92 Å². The average molecular weight is 373 g/mol. The van der Waals surface area contributed by atoms with Gasteiger partial charge in [-0.15, -0.1) is 0 Å². The number of anilines is 1. The lowest BCUT2D eigenvalue weighted by molar-refractivity contribution is 0.239. The third-order valence-electron chi connectivity index (χ3n) is 4.78. The molecule has 3 heterocycles. The second kappa shape index (κ2) is 7.19. The summed E-state index contributed by atoms with van der Waals surface area (Å²) in [5.41, 5.74) is 1.02. The first-order valence-corrected chi connectivity index (χ1v) is 9.69. The fraction of sp³-hybridized carbons (Fsp3) is 0.700. The molecule has 1 fully saturated rings. The van der Waals surface area contributed by atoms with Crippen molar-refractivity contribution in [1.82, 2.24) is 25.0 Å². The van der Waals surface area contributed by atoms with Crippen LogP contribution in [0.1, 0.15) is 64.8 Å². The summed E-state index contributed by atoms with van der Waals surface area (Å²) in [6, 6.07) is 2.16. The Bertz CT molecular complexity index is 746. The maximum absolute atomic E-state index is 5.07. The minimum Gasteiger partial charge on any atom is -0.354 e. The van der Waals surface area contributed by atoms with Crippen LogP contribution in [0.3, 0.4) is 0 Å². The molecule has 0 atom stereocenters. The fourth-order valence-electron chi connectivity index (χ4n) is 3.06. The maximum atomic E-state index is 5.07. The van der Waals surface area contributed by atoms with Crippen LogP contribution in [-0.2, 0) is 17.4 Å². The topological polar surface area (TPSA) is 71.2 Å². The highest BCUT2D eigenvalue weighted by Gasteiger charge is 2.26. The molecule has 148 valence electrons. The largest absolute Gasteiger partial charge is 0.354 e. The Morgan fingerprint density at radius 1 is 0.926 bits per heavy atom. The molecule has 7 heteroatoms. The Kier molecular flexibility index (Phi) is 5.25. The van der Waals surface area contributed by atoms with Gasteiger partial charge in [0.15, 0.2) is 5.82 Å². The van der Waals surface area contributed by atoms with Crippen LogP contribution in [0.4, 0.5) is 5.82 Å². The molecule has 7 nitrogen and oxygen atoms in total. The number of nitrogens with zero attached hydrogens (tertiary/aromatic N) is 6. The maximum Gasteiger partial charge on any atom is 0.223 e. The SMILES string of the molecule is Cc1nc(CN2CCN(c3cc(C(C)(C)C)nc(C(C)(C)C)n3)CC2)no1. The van der Waals surface area contributed by atoms with Gasteiger partial charge in [0.2, 0.25) is 5.89 Å². The number of rotatable bonds is 3. The van der Waals surface area contributed by atoms with Gasteiger partial charge in [-0.1, -0.05) is 46.7 Å². The smallest absolute Gasteiger partial charge is 0.223 e. The van der Waals surface area contributed by atoms with Gasteiger partial charge in [-0.3, -0.25) is 4.90 Å². The molecule has 0 unspecified atom stereocenters. The van der Waals surface area contributed by atoms with Gasteiger partial charge in [-0.2, -0.15) is 4.98 Å². The summed E-state index contributed by atoms with van der Waals surface area (Å²) >= 11 is 0. The molecule has 1 aliphatic heterocycles. The molecule has 0 amide bonds. The van der Waals surface area contributed by atoms with E-state index in [9.17, 15) is 0 Å². The van der Waals surface area contributed by atoms with E-state index in [4.69, 9.17) is 14.5 Å². The lowest BCUT2D eigenvalue weighted by Crippen LogP contribution is -2.46. The van der Waals surface area contributed by atoms with Crippen LogP contribution in [0.25, 0.3) is 0 Å². The molecule has 2 aromatic rings. The first kappa shape index (κ1) is 19.7. The zero-order chi connectivity index (χ0) is 19.8. The van der Waals surface area contributed by atoms with Gasteiger partial charge in [-0.05, 0) is 0 Å². The van der Waals surface area contributed by atoms with E-state index in [0.29, 0.717) is 5.89 Å². The van der Waals surface area contributed by atoms with Crippen LogP contribution in [-0.4, -0.2) is 51.2 Å². The first-order chi connectivity index (χ1) is 12.5. The summed E-state index contributed by atoms with van der Waals surface area (Å²) in [5.74, 6) is 3.33. The molecule has 0 aromatic carbocycles. The van der Waals surface area contributed by atoms with Crippen LogP contribution in [0.5, 0.6) is 0 Å². The summed E-state index contributed by atoms with van der Waals surface area (Å²) in [6.07, 6.45) is 0. The normalized spacial score (nSPS) is 16.8. The third-order valence-corrected chi connectivity index (χ3v) is 4.78. The quantitative estimate of drug-likeness (QED) is 0.820. The van der Waals surface area contributed by atoms with Crippen LogP contribution in [0.15, 0.2) is 10.6 Å². The minimum absolute atomic E-state index is 0.00397. The molecule has 0 radical (unpaired) electrons. The molecule has 3 rings (SSSR count). The first-order valence-electron chi connectivity index (χ1n) is 9.69. The Labute approximate surface area is 162 Å². The predicted molar refractivity (Wildman–Crippen MR) is 106 cm³/mol. The summed E-state index contributed by atoms with van der Waals surface area (Å²) in [5, 5.41) is 4.00. The molecular weight excluding hydrogens is 340 g/mol. The second-order valence-corrected chi connectivity index (χ2v) is 9.43. The molecule has 1 saturated heterocycles. The van der Waals surface area contributed by atoms with Crippen LogP contribution in [0.2, 0.25) is 0 Å². The van der Waals surface area contributed by atoms with Crippen molar-refractivity contribution in [2.75, 3.05) is 31.1 Å². The average Bonchev–Trinajstić information content (AvgIpc) is 2.98. The lowest BCUT2D eigenvalue weighted by atomic mass is 9.90. The van der Waals surface area contributed by atoms with Crippen molar-refractivity contribution in [3.05, 3.63) is 29.3 Å². The van der Waals surface area contributed by atoms with E-state index >= 15 is 0 Å². The summed E-state index contributed by atoms with van der Waals surface area (Å²) in [6.45, 7) is 19.4. The highest BCUT2D eigenvalue weighted by molar-refractivity contribution is 5.42. The molecule has 0 saturated carbocycles. The van der Waals surface area contributed by atoms with E-state index in [1.165, 1.54) is 0 Å². The molecular formula is C20H32N6O. The second-order valence-electron chi connectivity index (χ2n) is 9.43. The summed E-state index contributed by atoms with van der Waals surface area (Å²) < 4.78 is 5.07. The van der Waals surface area contributed by atoms with E-state index < -0.39 is 0 Å². The monoisotopic (exact) mass is 372 g/mol. The zero-order valence-corrected chi connectivity index (χ0v) is 17.7. The van der Waals surface area contributed by atoms with E-state index in [1.807, 2.05) is 6.92 Å². The van der Waals surface area contributed by atoms with E-state index in [2.05, 4.69) is 67.5 Å². The Hall–Kier alpha value is -2.02. The molecule has 0 spiro atoms. The Morgan fingerprint density at radius 3 is 2.11 bits per heavy atom. The molecule has 27 heavy (non-hydrogen) atoms. The van der Waals surface area contributed by atoms with Gasteiger partial charge in [0.25, 0.3) is 0 Å². The molecule has 0 aliphatic carbocycles. The van der Waals surface area contributed by atoms with Crippen molar-refractivity contribution in [3.8, 4) is 0 Å². The number of hydrogen-bond acceptors (Lipinski definition) is 7. The van der Waals surface area contributed by atoms with Crippen molar-refractivity contribution in [2.45, 2.75) is 65.8 Å². The van der Waals surface area contributed by atoms with Gasteiger partial charge >= 0.3 is 0 Å². The van der Waals surface area contributed by atoms with Crippen LogP contribution >= 0.6 is 0 Å². The van der Waals surface area contributed by atoms with E-state index in [1.54, 1.807) is 0 Å². The summed E-state index contributed by atoms with van der Waals surface area (Å²) in [7, 11) is 0. The number of aryl methyl sites for hydroxylation is 1. The predicted octanol–water partition coefficient (Wildman–Crippen LogP) is 3.09. The van der Waals surface area contributed by atoms with Gasteiger partial charge < -0.3 is 9.42 Å². The standard InChI is InChI=1S/C20H32N6O/c1-14-21-16(24-27-14)13-25-8-10-26(11-9-25)17-12-15(19(2,3)4)22-18(23-17)20(5,6)7/h12H,8-11,13H2,1-7H3. The van der Waals surface area contributed by atoms with E-state index in [-0.39, 0.29) is 10.8 Å². The van der Waals surface area contributed by atoms with Gasteiger partial charge in [-0.25, -0.2) is 9.97 Å². The number of piperazine rings is 1. The number of aromatic nitrogens is 4. The highest BCUT2D eigenvalue weighted by Crippen LogP contribution is 2.28. The minimum atomic E-state index is -0.0751. The van der Waals surface area contributed by atoms with Crippen molar-refractivity contribution in [2.24, 2.45) is 0 Å². The van der Waals surface area contributed by atoms with Crippen LogP contribution < -0.4 is 4.90 Å². The van der Waals surface area contributed by atoms with Gasteiger partial charge in [0.1, 0.15) is 11.6 Å².